The van der Waals surface area contributed by atoms with Crippen molar-refractivity contribution < 1.29 is 19.1 Å². The summed E-state index contributed by atoms with van der Waals surface area (Å²) in [5.74, 6) is 0.499. The number of nitrogens with one attached hydrogen (secondary N) is 2. The summed E-state index contributed by atoms with van der Waals surface area (Å²) >= 11 is 0. The van der Waals surface area contributed by atoms with E-state index in [4.69, 9.17) is 4.74 Å². The maximum atomic E-state index is 12.8. The van der Waals surface area contributed by atoms with E-state index in [9.17, 15) is 14.4 Å². The Kier molecular flexibility index (Phi) is 9.16. The Morgan fingerprint density at radius 2 is 1.53 bits per heavy atom. The molecule has 2 aromatic carbocycles. The molecule has 0 radical (unpaired) electrons. The van der Waals surface area contributed by atoms with Crippen LogP contribution >= 0.6 is 0 Å². The van der Waals surface area contributed by atoms with Gasteiger partial charge >= 0.3 is 6.03 Å². The van der Waals surface area contributed by atoms with E-state index in [-0.39, 0.29) is 36.5 Å². The van der Waals surface area contributed by atoms with Crippen LogP contribution in [0.2, 0.25) is 0 Å². The van der Waals surface area contributed by atoms with Crippen LogP contribution in [-0.2, 0) is 4.79 Å². The van der Waals surface area contributed by atoms with Crippen LogP contribution in [-0.4, -0.2) is 79.6 Å². The lowest BCUT2D eigenvalue weighted by molar-refractivity contribution is -0.117. The molecule has 1 aliphatic heterocycles. The number of carbonyl (C=O) groups excluding carboxylic acids is 3. The second-order valence-electron chi connectivity index (χ2n) is 9.43. The van der Waals surface area contributed by atoms with Crippen molar-refractivity contribution in [3.05, 3.63) is 54.1 Å². The first-order valence-electron chi connectivity index (χ1n) is 12.3. The fourth-order valence-electron chi connectivity index (χ4n) is 4.01. The lowest BCUT2D eigenvalue weighted by Crippen LogP contribution is -2.49. The number of carbonyl (C=O) groups is 3. The Morgan fingerprint density at radius 3 is 2.06 bits per heavy atom. The van der Waals surface area contributed by atoms with Gasteiger partial charge in [-0.2, -0.15) is 0 Å². The third kappa shape index (κ3) is 7.13. The number of anilines is 2. The highest BCUT2D eigenvalue weighted by Crippen LogP contribution is 2.21. The predicted octanol–water partition coefficient (Wildman–Crippen LogP) is 3.42. The molecule has 0 bridgehead atoms. The van der Waals surface area contributed by atoms with E-state index in [0.29, 0.717) is 24.3 Å². The smallest absolute Gasteiger partial charge is 0.318 e. The molecule has 1 aliphatic rings. The fourth-order valence-corrected chi connectivity index (χ4v) is 4.01. The molecule has 1 saturated heterocycles. The van der Waals surface area contributed by atoms with Crippen molar-refractivity contribution in [2.24, 2.45) is 0 Å². The summed E-state index contributed by atoms with van der Waals surface area (Å²) in [5.41, 5.74) is 2.36. The zero-order valence-corrected chi connectivity index (χ0v) is 21.8. The highest BCUT2D eigenvalue weighted by atomic mass is 16.5. The van der Waals surface area contributed by atoms with Gasteiger partial charge in [0.25, 0.3) is 5.91 Å². The largest absolute Gasteiger partial charge is 0.497 e. The Morgan fingerprint density at radius 1 is 0.917 bits per heavy atom. The molecular weight excluding hydrogens is 458 g/mol. The van der Waals surface area contributed by atoms with Gasteiger partial charge < -0.3 is 30.1 Å². The number of amides is 4. The molecule has 0 aliphatic carbocycles. The molecule has 2 aromatic rings. The summed E-state index contributed by atoms with van der Waals surface area (Å²) in [7, 11) is 1.60. The monoisotopic (exact) mass is 495 g/mol. The van der Waals surface area contributed by atoms with Crippen molar-refractivity contribution in [2.45, 2.75) is 39.8 Å². The molecule has 9 nitrogen and oxygen atoms in total. The third-order valence-electron chi connectivity index (χ3n) is 6.03. The van der Waals surface area contributed by atoms with Gasteiger partial charge in [0.15, 0.2) is 0 Å². The minimum atomic E-state index is -0.255. The van der Waals surface area contributed by atoms with Crippen LogP contribution in [0, 0.1) is 0 Å². The minimum Gasteiger partial charge on any atom is -0.497 e. The Balaban J connectivity index is 1.51. The van der Waals surface area contributed by atoms with Crippen LogP contribution in [0.15, 0.2) is 48.5 Å². The van der Waals surface area contributed by atoms with Gasteiger partial charge in [-0.25, -0.2) is 4.79 Å². The fraction of sp³-hybridized carbons (Fsp3) is 0.444. The lowest BCUT2D eigenvalue weighted by Gasteiger charge is -2.36. The number of methoxy groups -OCH3 is 1. The zero-order chi connectivity index (χ0) is 26.2. The van der Waals surface area contributed by atoms with Gasteiger partial charge in [-0.05, 0) is 76.2 Å². The summed E-state index contributed by atoms with van der Waals surface area (Å²) in [6, 6.07) is 14.4. The summed E-state index contributed by atoms with van der Waals surface area (Å²) in [4.78, 5) is 43.3. The van der Waals surface area contributed by atoms with Crippen LogP contribution in [0.3, 0.4) is 0 Å². The molecule has 4 amide bonds. The van der Waals surface area contributed by atoms with Gasteiger partial charge in [0.1, 0.15) is 12.3 Å². The number of hydrogen-bond acceptors (Lipinski definition) is 5. The standard InChI is InChI=1S/C27H37N5O4/c1-19(2)28-27(35)32(20(3)4)18-25(33)29-22-8-10-23(11-9-22)30-14-16-31(17-15-30)26(34)21-6-12-24(36-5)13-7-21/h6-13,19-20H,14-18H2,1-5H3,(H,28,35)(H,29,33). The molecule has 0 unspecified atom stereocenters. The molecule has 3 rings (SSSR count). The highest BCUT2D eigenvalue weighted by Gasteiger charge is 2.23. The van der Waals surface area contributed by atoms with Gasteiger partial charge in [-0.1, -0.05) is 0 Å². The lowest BCUT2D eigenvalue weighted by atomic mass is 10.1. The van der Waals surface area contributed by atoms with Crippen LogP contribution in [0.5, 0.6) is 5.75 Å². The Labute approximate surface area is 213 Å². The van der Waals surface area contributed by atoms with Crippen molar-refractivity contribution >= 4 is 29.2 Å². The first kappa shape index (κ1) is 26.8. The normalized spacial score (nSPS) is 13.5. The summed E-state index contributed by atoms with van der Waals surface area (Å²) in [5, 5.41) is 5.71. The maximum absolute atomic E-state index is 12.8. The minimum absolute atomic E-state index is 0.00297. The van der Waals surface area contributed by atoms with Crippen LogP contribution in [0.25, 0.3) is 0 Å². The first-order chi connectivity index (χ1) is 17.2. The second kappa shape index (κ2) is 12.3. The molecule has 0 spiro atoms. The predicted molar refractivity (Wildman–Crippen MR) is 142 cm³/mol. The van der Waals surface area contributed by atoms with E-state index in [1.807, 2.05) is 56.9 Å². The van der Waals surface area contributed by atoms with Crippen molar-refractivity contribution in [1.82, 2.24) is 15.1 Å². The number of ether oxygens (including phenoxy) is 1. The average Bonchev–Trinajstić information content (AvgIpc) is 2.87. The summed E-state index contributed by atoms with van der Waals surface area (Å²) in [6.07, 6.45) is 0. The molecule has 36 heavy (non-hydrogen) atoms. The zero-order valence-electron chi connectivity index (χ0n) is 21.8. The molecule has 0 atom stereocenters. The van der Waals surface area contributed by atoms with Crippen LogP contribution < -0.4 is 20.3 Å². The van der Waals surface area contributed by atoms with E-state index in [1.165, 1.54) is 4.90 Å². The Bertz CT molecular complexity index is 1030. The molecular formula is C27H37N5O4. The number of nitrogens with zero attached hydrogens (tertiary/aromatic N) is 3. The van der Waals surface area contributed by atoms with Gasteiger partial charge in [0.05, 0.1) is 7.11 Å². The molecule has 0 aromatic heterocycles. The molecule has 2 N–H and O–H groups in total. The summed E-state index contributed by atoms with van der Waals surface area (Å²) < 4.78 is 5.16. The van der Waals surface area contributed by atoms with E-state index in [0.717, 1.165) is 24.5 Å². The van der Waals surface area contributed by atoms with E-state index >= 15 is 0 Å². The number of benzene rings is 2. The summed E-state index contributed by atoms with van der Waals surface area (Å²) in [6.45, 7) is 10.2. The average molecular weight is 496 g/mol. The van der Waals surface area contributed by atoms with Gasteiger partial charge in [-0.3, -0.25) is 9.59 Å². The quantitative estimate of drug-likeness (QED) is 0.585. The van der Waals surface area contributed by atoms with E-state index in [1.54, 1.807) is 31.4 Å². The highest BCUT2D eigenvalue weighted by molar-refractivity contribution is 5.95. The number of hydrogen-bond donors (Lipinski definition) is 2. The maximum Gasteiger partial charge on any atom is 0.318 e. The van der Waals surface area contributed by atoms with Crippen molar-refractivity contribution in [1.29, 1.82) is 0 Å². The molecule has 9 heteroatoms. The SMILES string of the molecule is COc1ccc(C(=O)N2CCN(c3ccc(NC(=O)CN(C(=O)NC(C)C)C(C)C)cc3)CC2)cc1. The molecule has 194 valence electrons. The van der Waals surface area contributed by atoms with Crippen LogP contribution in [0.1, 0.15) is 38.1 Å². The first-order valence-corrected chi connectivity index (χ1v) is 12.3. The number of piperazine rings is 1. The second-order valence-corrected chi connectivity index (χ2v) is 9.43. The van der Waals surface area contributed by atoms with Gasteiger partial charge in [0, 0.05) is 55.2 Å². The van der Waals surface area contributed by atoms with Crippen molar-refractivity contribution in [2.75, 3.05) is 50.1 Å². The topological polar surface area (TPSA) is 94.2 Å². The van der Waals surface area contributed by atoms with Crippen molar-refractivity contribution in [3.63, 3.8) is 0 Å². The molecule has 1 heterocycles. The van der Waals surface area contributed by atoms with E-state index < -0.39 is 0 Å². The molecule has 0 saturated carbocycles. The Hall–Kier alpha value is -3.75. The van der Waals surface area contributed by atoms with Crippen LogP contribution in [0.4, 0.5) is 16.2 Å². The van der Waals surface area contributed by atoms with Crippen molar-refractivity contribution in [3.8, 4) is 5.75 Å². The third-order valence-corrected chi connectivity index (χ3v) is 6.03. The number of rotatable bonds is 8. The molecule has 1 fully saturated rings. The van der Waals surface area contributed by atoms with Gasteiger partial charge in [-0.15, -0.1) is 0 Å². The van der Waals surface area contributed by atoms with E-state index in [2.05, 4.69) is 15.5 Å². The van der Waals surface area contributed by atoms with Gasteiger partial charge in [0.2, 0.25) is 5.91 Å². The number of urea groups is 1.